The van der Waals surface area contributed by atoms with Crippen molar-refractivity contribution in [1.82, 2.24) is 15.2 Å². The molecule has 1 unspecified atom stereocenters. The van der Waals surface area contributed by atoms with E-state index in [0.717, 1.165) is 62.1 Å². The number of carbonyl (C=O) groups is 2. The van der Waals surface area contributed by atoms with Gasteiger partial charge in [0.1, 0.15) is 5.82 Å². The Morgan fingerprint density at radius 3 is 2.91 bits per heavy atom. The van der Waals surface area contributed by atoms with Gasteiger partial charge >= 0.3 is 12.1 Å². The number of hydrogen-bond acceptors (Lipinski definition) is 6. The number of likely N-dealkylation sites (tertiary alicyclic amines) is 1. The molecule has 2 aliphatic heterocycles. The highest BCUT2D eigenvalue weighted by atomic mass is 35.5. The minimum Gasteiger partial charge on any atom is -0.469 e. The van der Waals surface area contributed by atoms with Crippen molar-refractivity contribution in [1.29, 1.82) is 0 Å². The van der Waals surface area contributed by atoms with Gasteiger partial charge in [0.2, 0.25) is 0 Å². The van der Waals surface area contributed by atoms with Crippen LogP contribution in [0.2, 0.25) is 5.02 Å². The lowest BCUT2D eigenvalue weighted by atomic mass is 10.0. The number of ether oxygens (including phenoxy) is 1. The second kappa shape index (κ2) is 11.2. The highest BCUT2D eigenvalue weighted by Crippen LogP contribution is 2.26. The zero-order valence-corrected chi connectivity index (χ0v) is 20.1. The number of aryl methyl sites for hydroxylation is 1. The van der Waals surface area contributed by atoms with Crippen molar-refractivity contribution in [2.45, 2.75) is 44.2 Å². The summed E-state index contributed by atoms with van der Waals surface area (Å²) in [5, 5.41) is 13.7. The van der Waals surface area contributed by atoms with E-state index in [9.17, 15) is 14.7 Å². The molecule has 1 amide bonds. The van der Waals surface area contributed by atoms with Crippen molar-refractivity contribution in [2.75, 3.05) is 38.2 Å². The minimum atomic E-state index is -0.944. The third kappa shape index (κ3) is 6.05. The molecule has 182 valence electrons. The van der Waals surface area contributed by atoms with E-state index in [1.807, 2.05) is 36.4 Å². The zero-order chi connectivity index (χ0) is 24.1. The van der Waals surface area contributed by atoms with Gasteiger partial charge in [0.25, 0.3) is 0 Å². The first-order valence-corrected chi connectivity index (χ1v) is 12.1. The second-order valence-electron chi connectivity index (χ2n) is 8.91. The Hall–Kier alpha value is -2.68. The van der Waals surface area contributed by atoms with Gasteiger partial charge in [-0.3, -0.25) is 9.69 Å². The third-order valence-electron chi connectivity index (χ3n) is 6.57. The third-order valence-corrected chi connectivity index (χ3v) is 6.81. The number of amides is 1. The van der Waals surface area contributed by atoms with Crippen molar-refractivity contribution in [3.05, 3.63) is 58.2 Å². The number of nitrogens with one attached hydrogen (secondary N) is 1. The molecule has 3 heterocycles. The smallest absolute Gasteiger partial charge is 0.413 e. The number of methoxy groups -OCH3 is 1. The van der Waals surface area contributed by atoms with Crippen molar-refractivity contribution < 1.29 is 19.4 Å². The molecule has 2 aliphatic rings. The first-order valence-electron chi connectivity index (χ1n) is 11.7. The average Bonchev–Trinajstić information content (AvgIpc) is 3.29. The SMILES string of the molecule is COC(=O)CC(N[C@@H]1CCN(CCc2ccc3c(n2)N(C(=O)O)CCC3)C1)c1cccc(Cl)c1. The number of nitrogens with zero attached hydrogens (tertiary/aromatic N) is 3. The molecule has 2 atom stereocenters. The molecule has 0 radical (unpaired) electrons. The molecule has 1 fully saturated rings. The van der Waals surface area contributed by atoms with E-state index in [2.05, 4.69) is 15.2 Å². The lowest BCUT2D eigenvalue weighted by molar-refractivity contribution is -0.141. The Bertz CT molecular complexity index is 1030. The molecular weight excluding hydrogens is 456 g/mol. The predicted octanol–water partition coefficient (Wildman–Crippen LogP) is 3.68. The van der Waals surface area contributed by atoms with Crippen LogP contribution in [0.4, 0.5) is 10.6 Å². The van der Waals surface area contributed by atoms with Crippen molar-refractivity contribution in [3.8, 4) is 0 Å². The Morgan fingerprint density at radius 2 is 2.15 bits per heavy atom. The van der Waals surface area contributed by atoms with Gasteiger partial charge in [-0.05, 0) is 55.1 Å². The summed E-state index contributed by atoms with van der Waals surface area (Å²) in [6.45, 7) is 3.16. The maximum absolute atomic E-state index is 12.0. The molecule has 9 heteroatoms. The number of aromatic nitrogens is 1. The number of rotatable bonds is 8. The summed E-state index contributed by atoms with van der Waals surface area (Å²) < 4.78 is 4.90. The first-order chi connectivity index (χ1) is 16.4. The number of benzene rings is 1. The summed E-state index contributed by atoms with van der Waals surface area (Å²) in [5.74, 6) is 0.325. The molecular formula is C25H31ClN4O4. The van der Waals surface area contributed by atoms with Crippen LogP contribution in [0.25, 0.3) is 0 Å². The van der Waals surface area contributed by atoms with E-state index in [4.69, 9.17) is 16.3 Å². The lowest BCUT2D eigenvalue weighted by Crippen LogP contribution is -2.37. The normalized spacial score (nSPS) is 19.0. The summed E-state index contributed by atoms with van der Waals surface area (Å²) in [4.78, 5) is 32.0. The summed E-state index contributed by atoms with van der Waals surface area (Å²) in [5.41, 5.74) is 2.88. The number of anilines is 1. The van der Waals surface area contributed by atoms with Crippen LogP contribution in [0.15, 0.2) is 36.4 Å². The maximum Gasteiger partial charge on any atom is 0.413 e. The van der Waals surface area contributed by atoms with E-state index in [-0.39, 0.29) is 24.5 Å². The molecule has 2 aromatic rings. The van der Waals surface area contributed by atoms with E-state index in [1.165, 1.54) is 12.0 Å². The zero-order valence-electron chi connectivity index (χ0n) is 19.4. The molecule has 0 spiro atoms. The molecule has 0 saturated carbocycles. The highest BCUT2D eigenvalue weighted by molar-refractivity contribution is 6.30. The summed E-state index contributed by atoms with van der Waals surface area (Å²) in [6.07, 6.45) is 2.72. The minimum absolute atomic E-state index is 0.166. The van der Waals surface area contributed by atoms with Gasteiger partial charge in [-0.1, -0.05) is 29.8 Å². The number of pyridine rings is 1. The van der Waals surface area contributed by atoms with Crippen LogP contribution in [0.1, 0.15) is 42.1 Å². The van der Waals surface area contributed by atoms with E-state index in [1.54, 1.807) is 0 Å². The number of halogens is 1. The molecule has 0 bridgehead atoms. The van der Waals surface area contributed by atoms with Gasteiger partial charge in [-0.25, -0.2) is 9.78 Å². The maximum atomic E-state index is 12.0. The summed E-state index contributed by atoms with van der Waals surface area (Å²) in [6, 6.07) is 11.7. The van der Waals surface area contributed by atoms with Crippen LogP contribution >= 0.6 is 11.6 Å². The number of esters is 1. The topological polar surface area (TPSA) is 95.0 Å². The van der Waals surface area contributed by atoms with Crippen LogP contribution in [0, 0.1) is 0 Å². The quantitative estimate of drug-likeness (QED) is 0.549. The molecule has 8 nitrogen and oxygen atoms in total. The lowest BCUT2D eigenvalue weighted by Gasteiger charge is -2.26. The Morgan fingerprint density at radius 1 is 1.29 bits per heavy atom. The predicted molar refractivity (Wildman–Crippen MR) is 130 cm³/mol. The van der Waals surface area contributed by atoms with E-state index >= 15 is 0 Å². The molecule has 2 N–H and O–H groups in total. The Balaban J connectivity index is 1.35. The Labute approximate surface area is 204 Å². The van der Waals surface area contributed by atoms with E-state index in [0.29, 0.717) is 17.4 Å². The van der Waals surface area contributed by atoms with Gasteiger partial charge < -0.3 is 20.1 Å². The van der Waals surface area contributed by atoms with Crippen LogP contribution in [-0.2, 0) is 22.4 Å². The molecule has 1 saturated heterocycles. The van der Waals surface area contributed by atoms with Gasteiger partial charge in [0, 0.05) is 48.9 Å². The number of carbonyl (C=O) groups excluding carboxylic acids is 1. The molecule has 0 aliphatic carbocycles. The average molecular weight is 487 g/mol. The van der Waals surface area contributed by atoms with Crippen molar-refractivity contribution in [2.24, 2.45) is 0 Å². The highest BCUT2D eigenvalue weighted by Gasteiger charge is 2.27. The molecule has 4 rings (SSSR count). The van der Waals surface area contributed by atoms with Gasteiger partial charge in [-0.2, -0.15) is 0 Å². The Kier molecular flexibility index (Phi) is 8.03. The number of fused-ring (bicyclic) bond motifs is 1. The van der Waals surface area contributed by atoms with Gasteiger partial charge in [0.05, 0.1) is 13.5 Å². The monoisotopic (exact) mass is 486 g/mol. The van der Waals surface area contributed by atoms with Crippen molar-refractivity contribution >= 4 is 29.5 Å². The number of hydrogen-bond donors (Lipinski definition) is 2. The fourth-order valence-corrected chi connectivity index (χ4v) is 4.98. The molecule has 1 aromatic heterocycles. The fraction of sp³-hybridized carbons (Fsp3) is 0.480. The number of carboxylic acid groups (broad SMARTS) is 1. The first kappa shape index (κ1) is 24.4. The fourth-order valence-electron chi connectivity index (χ4n) is 4.78. The van der Waals surface area contributed by atoms with E-state index < -0.39 is 6.09 Å². The van der Waals surface area contributed by atoms with Crippen molar-refractivity contribution in [3.63, 3.8) is 0 Å². The van der Waals surface area contributed by atoms with Crippen LogP contribution < -0.4 is 10.2 Å². The summed E-state index contributed by atoms with van der Waals surface area (Å²) in [7, 11) is 1.40. The van der Waals surface area contributed by atoms with Crippen LogP contribution in [0.3, 0.4) is 0 Å². The molecule has 34 heavy (non-hydrogen) atoms. The summed E-state index contributed by atoms with van der Waals surface area (Å²) >= 11 is 6.18. The van der Waals surface area contributed by atoms with Crippen LogP contribution in [0.5, 0.6) is 0 Å². The second-order valence-corrected chi connectivity index (χ2v) is 9.35. The van der Waals surface area contributed by atoms with Gasteiger partial charge in [-0.15, -0.1) is 0 Å². The van der Waals surface area contributed by atoms with Crippen LogP contribution in [-0.4, -0.2) is 66.4 Å². The standard InChI is InChI=1S/C25H31ClN4O4/c1-34-23(31)15-22(18-4-2-6-19(26)14-18)27-21-10-13-29(16-21)12-9-20-8-7-17-5-3-11-30(25(32)33)24(17)28-20/h2,4,6-8,14,21-22,27H,3,5,9-13,15-16H2,1H3,(H,32,33)/t21-,22?/m1/s1. The molecule has 1 aromatic carbocycles. The van der Waals surface area contributed by atoms with Gasteiger partial charge in [0.15, 0.2) is 0 Å². The largest absolute Gasteiger partial charge is 0.469 e.